The fourth-order valence-corrected chi connectivity index (χ4v) is 0.888. The Hall–Kier alpha value is 0.250. The summed E-state index contributed by atoms with van der Waals surface area (Å²) in [6.45, 7) is 6.77. The molecule has 0 aromatic carbocycles. The van der Waals surface area contributed by atoms with Gasteiger partial charge in [0.15, 0.2) is 0 Å². The summed E-state index contributed by atoms with van der Waals surface area (Å²) in [5, 5.41) is 3.23. The number of hydrogen-bond donors (Lipinski definition) is 1. The zero-order chi connectivity index (χ0) is 7.28. The Morgan fingerprint density at radius 1 is 1.30 bits per heavy atom. The molecule has 1 nitrogen and oxygen atoms in total. The average molecular weight is 166 g/mol. The second kappa shape index (κ2) is 7.36. The van der Waals surface area contributed by atoms with Gasteiger partial charge in [-0.05, 0) is 26.3 Å². The van der Waals surface area contributed by atoms with Crippen LogP contribution < -0.4 is 5.32 Å². The molecule has 0 fully saturated rings. The summed E-state index contributed by atoms with van der Waals surface area (Å²) in [5.74, 6) is 0.868. The Balaban J connectivity index is 0. The Kier molecular flexibility index (Phi) is 9.48. The molecule has 0 heterocycles. The van der Waals surface area contributed by atoms with Crippen LogP contribution in [0.5, 0.6) is 0 Å². The summed E-state index contributed by atoms with van der Waals surface area (Å²) in [5.41, 5.74) is 0. The van der Waals surface area contributed by atoms with Crippen LogP contribution in [0, 0.1) is 5.92 Å². The van der Waals surface area contributed by atoms with Gasteiger partial charge in [0.25, 0.3) is 0 Å². The molecule has 0 aromatic rings. The standard InChI is InChI=1S/C8H19N.ClH/c1-5-7(2)6-8(3)9-4;/h7-9H,5-6H2,1-4H3;1H. The lowest BCUT2D eigenvalue weighted by molar-refractivity contribution is 0.432. The number of hydrogen-bond acceptors (Lipinski definition) is 1. The molecule has 2 unspecified atom stereocenters. The number of nitrogens with one attached hydrogen (secondary N) is 1. The third kappa shape index (κ3) is 6.37. The first-order valence-electron chi connectivity index (χ1n) is 3.88. The first-order valence-corrected chi connectivity index (χ1v) is 3.88. The number of rotatable bonds is 4. The third-order valence-electron chi connectivity index (χ3n) is 1.95. The van der Waals surface area contributed by atoms with E-state index in [1.54, 1.807) is 0 Å². The summed E-state index contributed by atoms with van der Waals surface area (Å²) in [6.07, 6.45) is 2.60. The van der Waals surface area contributed by atoms with Gasteiger partial charge in [-0.3, -0.25) is 0 Å². The van der Waals surface area contributed by atoms with Gasteiger partial charge in [-0.15, -0.1) is 12.4 Å². The molecule has 0 radical (unpaired) electrons. The zero-order valence-corrected chi connectivity index (χ0v) is 8.29. The van der Waals surface area contributed by atoms with Crippen molar-refractivity contribution < 1.29 is 0 Å². The molecule has 2 atom stereocenters. The normalized spacial score (nSPS) is 15.6. The molecule has 0 amide bonds. The predicted molar refractivity (Wildman–Crippen MR) is 49.8 cm³/mol. The third-order valence-corrected chi connectivity index (χ3v) is 1.95. The summed E-state index contributed by atoms with van der Waals surface area (Å²) in [6, 6.07) is 0.681. The van der Waals surface area contributed by atoms with Gasteiger partial charge >= 0.3 is 0 Å². The summed E-state index contributed by atoms with van der Waals surface area (Å²) in [4.78, 5) is 0. The van der Waals surface area contributed by atoms with E-state index < -0.39 is 0 Å². The molecule has 0 bridgehead atoms. The molecule has 0 aromatic heterocycles. The van der Waals surface area contributed by atoms with Gasteiger partial charge in [-0.1, -0.05) is 20.3 Å². The van der Waals surface area contributed by atoms with Crippen LogP contribution in [0.1, 0.15) is 33.6 Å². The molecule has 10 heavy (non-hydrogen) atoms. The van der Waals surface area contributed by atoms with Crippen molar-refractivity contribution in [2.24, 2.45) is 5.92 Å². The van der Waals surface area contributed by atoms with Crippen LogP contribution >= 0.6 is 12.4 Å². The van der Waals surface area contributed by atoms with Gasteiger partial charge in [0.2, 0.25) is 0 Å². The van der Waals surface area contributed by atoms with E-state index in [4.69, 9.17) is 0 Å². The van der Waals surface area contributed by atoms with Crippen molar-refractivity contribution in [1.29, 1.82) is 0 Å². The van der Waals surface area contributed by atoms with Gasteiger partial charge in [0, 0.05) is 6.04 Å². The summed E-state index contributed by atoms with van der Waals surface area (Å²) in [7, 11) is 2.02. The topological polar surface area (TPSA) is 12.0 Å². The van der Waals surface area contributed by atoms with E-state index in [1.165, 1.54) is 12.8 Å². The molecule has 0 aliphatic rings. The smallest absolute Gasteiger partial charge is 0.00382 e. The van der Waals surface area contributed by atoms with E-state index in [1.807, 2.05) is 7.05 Å². The Labute approximate surface area is 71.0 Å². The van der Waals surface area contributed by atoms with Gasteiger partial charge in [-0.25, -0.2) is 0 Å². The molecule has 0 aliphatic carbocycles. The fraction of sp³-hybridized carbons (Fsp3) is 1.00. The monoisotopic (exact) mass is 165 g/mol. The summed E-state index contributed by atoms with van der Waals surface area (Å²) < 4.78 is 0. The maximum Gasteiger partial charge on any atom is 0.00382 e. The highest BCUT2D eigenvalue weighted by Crippen LogP contribution is 2.08. The molecule has 1 N–H and O–H groups in total. The van der Waals surface area contributed by atoms with Crippen LogP contribution in [0.4, 0.5) is 0 Å². The fourth-order valence-electron chi connectivity index (χ4n) is 0.888. The SMILES string of the molecule is CCC(C)CC(C)NC.Cl. The van der Waals surface area contributed by atoms with Crippen molar-refractivity contribution in [2.75, 3.05) is 7.05 Å². The molecule has 0 aliphatic heterocycles. The molecule has 0 saturated carbocycles. The molecular weight excluding hydrogens is 146 g/mol. The quantitative estimate of drug-likeness (QED) is 0.675. The lowest BCUT2D eigenvalue weighted by Crippen LogP contribution is -2.23. The van der Waals surface area contributed by atoms with Crippen molar-refractivity contribution in [3.05, 3.63) is 0 Å². The van der Waals surface area contributed by atoms with E-state index in [9.17, 15) is 0 Å². The zero-order valence-electron chi connectivity index (χ0n) is 7.48. The van der Waals surface area contributed by atoms with Crippen molar-refractivity contribution in [2.45, 2.75) is 39.7 Å². The van der Waals surface area contributed by atoms with Crippen LogP contribution in [-0.2, 0) is 0 Å². The highest BCUT2D eigenvalue weighted by Gasteiger charge is 2.02. The Bertz CT molecular complexity index is 58.3. The molecule has 2 heteroatoms. The first-order chi connectivity index (χ1) is 4.20. The molecule has 64 valence electrons. The van der Waals surface area contributed by atoms with Crippen LogP contribution in [0.3, 0.4) is 0 Å². The highest BCUT2D eigenvalue weighted by atomic mass is 35.5. The van der Waals surface area contributed by atoms with Crippen molar-refractivity contribution >= 4 is 12.4 Å². The van der Waals surface area contributed by atoms with Gasteiger partial charge in [-0.2, -0.15) is 0 Å². The van der Waals surface area contributed by atoms with Crippen molar-refractivity contribution in [3.8, 4) is 0 Å². The van der Waals surface area contributed by atoms with E-state index in [2.05, 4.69) is 26.1 Å². The predicted octanol–water partition coefficient (Wildman–Crippen LogP) is 2.45. The minimum Gasteiger partial charge on any atom is -0.317 e. The molecular formula is C8H20ClN. The van der Waals surface area contributed by atoms with Crippen LogP contribution in [0.2, 0.25) is 0 Å². The van der Waals surface area contributed by atoms with E-state index in [0.717, 1.165) is 5.92 Å². The second-order valence-corrected chi connectivity index (χ2v) is 2.94. The Morgan fingerprint density at radius 2 is 1.80 bits per heavy atom. The first kappa shape index (κ1) is 12.9. The van der Waals surface area contributed by atoms with Gasteiger partial charge in [0.05, 0.1) is 0 Å². The largest absolute Gasteiger partial charge is 0.317 e. The van der Waals surface area contributed by atoms with Gasteiger partial charge < -0.3 is 5.32 Å². The molecule has 0 rings (SSSR count). The maximum atomic E-state index is 3.23. The second-order valence-electron chi connectivity index (χ2n) is 2.94. The highest BCUT2D eigenvalue weighted by molar-refractivity contribution is 5.85. The molecule has 0 spiro atoms. The summed E-state index contributed by atoms with van der Waals surface area (Å²) >= 11 is 0. The van der Waals surface area contributed by atoms with Crippen molar-refractivity contribution in [1.82, 2.24) is 5.32 Å². The Morgan fingerprint density at radius 3 is 2.10 bits per heavy atom. The maximum absolute atomic E-state index is 3.23. The lowest BCUT2D eigenvalue weighted by Gasteiger charge is -2.14. The van der Waals surface area contributed by atoms with Gasteiger partial charge in [0.1, 0.15) is 0 Å². The average Bonchev–Trinajstić information content (AvgIpc) is 1.87. The minimum atomic E-state index is 0. The number of halogens is 1. The van der Waals surface area contributed by atoms with Crippen LogP contribution in [-0.4, -0.2) is 13.1 Å². The minimum absolute atomic E-state index is 0. The van der Waals surface area contributed by atoms with Crippen LogP contribution in [0.15, 0.2) is 0 Å². The van der Waals surface area contributed by atoms with E-state index in [-0.39, 0.29) is 12.4 Å². The van der Waals surface area contributed by atoms with E-state index >= 15 is 0 Å². The lowest BCUT2D eigenvalue weighted by atomic mass is 10.0. The molecule has 0 saturated heterocycles. The van der Waals surface area contributed by atoms with E-state index in [0.29, 0.717) is 6.04 Å². The van der Waals surface area contributed by atoms with Crippen molar-refractivity contribution in [3.63, 3.8) is 0 Å². The van der Waals surface area contributed by atoms with Crippen LogP contribution in [0.25, 0.3) is 0 Å².